The third-order valence-corrected chi connectivity index (χ3v) is 4.41. The van der Waals surface area contributed by atoms with Gasteiger partial charge in [0.1, 0.15) is 0 Å². The van der Waals surface area contributed by atoms with Crippen molar-refractivity contribution < 1.29 is 4.74 Å². The number of nitrogens with two attached hydrogens (primary N) is 1. The van der Waals surface area contributed by atoms with Crippen molar-refractivity contribution in [3.05, 3.63) is 33.3 Å². The second-order valence-electron chi connectivity index (χ2n) is 4.49. The molecule has 1 heterocycles. The molecule has 1 fully saturated rings. The Morgan fingerprint density at radius 1 is 1.53 bits per heavy atom. The zero-order chi connectivity index (χ0) is 12.3. The lowest BCUT2D eigenvalue weighted by molar-refractivity contribution is 0.101. The molecule has 1 aliphatic rings. The van der Waals surface area contributed by atoms with E-state index in [1.165, 1.54) is 12.8 Å². The molecule has 1 aliphatic heterocycles. The molecule has 0 aliphatic carbocycles. The van der Waals surface area contributed by atoms with Crippen LogP contribution in [0.1, 0.15) is 37.3 Å². The van der Waals surface area contributed by atoms with Crippen LogP contribution in [0.15, 0.2) is 22.7 Å². The molecule has 17 heavy (non-hydrogen) atoms. The van der Waals surface area contributed by atoms with E-state index in [4.69, 9.17) is 22.1 Å². The van der Waals surface area contributed by atoms with E-state index in [1.54, 1.807) is 0 Å². The van der Waals surface area contributed by atoms with E-state index < -0.39 is 0 Å². The van der Waals surface area contributed by atoms with Crippen molar-refractivity contribution in [2.45, 2.75) is 37.8 Å². The van der Waals surface area contributed by atoms with E-state index in [-0.39, 0.29) is 6.04 Å². The Hall–Kier alpha value is -0.0900. The summed E-state index contributed by atoms with van der Waals surface area (Å²) in [6, 6.07) is 5.94. The molecular weight excluding hydrogens is 302 g/mol. The maximum atomic E-state index is 6.17. The molecule has 94 valence electrons. The molecule has 2 unspecified atom stereocenters. The number of halogens is 2. The van der Waals surface area contributed by atoms with Crippen LogP contribution in [0.2, 0.25) is 5.02 Å². The summed E-state index contributed by atoms with van der Waals surface area (Å²) in [6.45, 7) is 0.909. The third-order valence-electron chi connectivity index (χ3n) is 3.20. The van der Waals surface area contributed by atoms with Gasteiger partial charge in [-0.05, 0) is 59.3 Å². The fourth-order valence-corrected chi connectivity index (χ4v) is 2.66. The summed E-state index contributed by atoms with van der Waals surface area (Å²) in [4.78, 5) is 0. The largest absolute Gasteiger partial charge is 0.378 e. The van der Waals surface area contributed by atoms with Gasteiger partial charge in [-0.25, -0.2) is 0 Å². The van der Waals surface area contributed by atoms with Crippen LogP contribution in [-0.4, -0.2) is 12.7 Å². The van der Waals surface area contributed by atoms with Crippen LogP contribution in [0.3, 0.4) is 0 Å². The van der Waals surface area contributed by atoms with Crippen LogP contribution in [-0.2, 0) is 4.74 Å². The van der Waals surface area contributed by atoms with Gasteiger partial charge in [-0.15, -0.1) is 0 Å². The second kappa shape index (κ2) is 6.19. The topological polar surface area (TPSA) is 35.2 Å². The maximum absolute atomic E-state index is 6.17. The van der Waals surface area contributed by atoms with E-state index in [0.29, 0.717) is 6.10 Å². The molecule has 0 radical (unpaired) electrons. The number of rotatable bonds is 4. The minimum Gasteiger partial charge on any atom is -0.378 e. The van der Waals surface area contributed by atoms with Gasteiger partial charge in [0.05, 0.1) is 11.1 Å². The third kappa shape index (κ3) is 3.68. The Kier molecular flexibility index (Phi) is 4.86. The van der Waals surface area contributed by atoms with Gasteiger partial charge in [0.25, 0.3) is 0 Å². The lowest BCUT2D eigenvalue weighted by Crippen LogP contribution is -2.14. The van der Waals surface area contributed by atoms with Crippen LogP contribution < -0.4 is 5.73 Å². The summed E-state index contributed by atoms with van der Waals surface area (Å²) in [7, 11) is 0. The molecule has 4 heteroatoms. The fraction of sp³-hybridized carbons (Fsp3) is 0.538. The van der Waals surface area contributed by atoms with Gasteiger partial charge in [0.2, 0.25) is 0 Å². The standard InChI is InChI=1S/C13H17BrClNO/c14-11-8-9(3-5-12(11)15)13(16)6-4-10-2-1-7-17-10/h3,5,8,10,13H,1-2,4,6-7,16H2. The molecule has 0 saturated carbocycles. The average Bonchev–Trinajstić information content (AvgIpc) is 2.82. The van der Waals surface area contributed by atoms with Gasteiger partial charge in [-0.1, -0.05) is 17.7 Å². The number of hydrogen-bond donors (Lipinski definition) is 1. The predicted molar refractivity (Wildman–Crippen MR) is 74.3 cm³/mol. The number of hydrogen-bond acceptors (Lipinski definition) is 2. The highest BCUT2D eigenvalue weighted by atomic mass is 79.9. The van der Waals surface area contributed by atoms with Gasteiger partial charge in [-0.3, -0.25) is 0 Å². The Balaban J connectivity index is 1.89. The summed E-state index contributed by atoms with van der Waals surface area (Å²) in [5.74, 6) is 0. The second-order valence-corrected chi connectivity index (χ2v) is 5.75. The Bertz CT molecular complexity index is 380. The maximum Gasteiger partial charge on any atom is 0.0576 e. The molecule has 1 aromatic carbocycles. The summed E-state index contributed by atoms with van der Waals surface area (Å²) in [6.07, 6.45) is 4.78. The number of benzene rings is 1. The van der Waals surface area contributed by atoms with Crippen molar-refractivity contribution in [1.29, 1.82) is 0 Å². The van der Waals surface area contributed by atoms with Crippen LogP contribution in [0.4, 0.5) is 0 Å². The smallest absolute Gasteiger partial charge is 0.0576 e. The van der Waals surface area contributed by atoms with Crippen LogP contribution >= 0.6 is 27.5 Å². The van der Waals surface area contributed by atoms with Gasteiger partial charge < -0.3 is 10.5 Å². The molecule has 1 aromatic rings. The van der Waals surface area contributed by atoms with E-state index in [9.17, 15) is 0 Å². The lowest BCUT2D eigenvalue weighted by atomic mass is 10.0. The predicted octanol–water partition coefficient (Wildman–Crippen LogP) is 4.06. The molecule has 2 atom stereocenters. The first-order valence-corrected chi connectivity index (χ1v) is 7.16. The van der Waals surface area contributed by atoms with Gasteiger partial charge in [0, 0.05) is 17.1 Å². The molecule has 0 aromatic heterocycles. The Morgan fingerprint density at radius 3 is 3.00 bits per heavy atom. The summed E-state index contributed by atoms with van der Waals surface area (Å²) >= 11 is 9.38. The first-order chi connectivity index (χ1) is 8.16. The van der Waals surface area contributed by atoms with Gasteiger partial charge in [0.15, 0.2) is 0 Å². The van der Waals surface area contributed by atoms with Crippen LogP contribution in [0.25, 0.3) is 0 Å². The SMILES string of the molecule is NC(CCC1CCCO1)c1ccc(Cl)c(Br)c1. The quantitative estimate of drug-likeness (QED) is 0.908. The van der Waals surface area contributed by atoms with Gasteiger partial charge in [-0.2, -0.15) is 0 Å². The fourth-order valence-electron chi connectivity index (χ4n) is 2.15. The van der Waals surface area contributed by atoms with Crippen molar-refractivity contribution in [3.63, 3.8) is 0 Å². The van der Waals surface area contributed by atoms with Crippen LogP contribution in [0, 0.1) is 0 Å². The first-order valence-electron chi connectivity index (χ1n) is 5.99. The average molecular weight is 319 g/mol. The summed E-state index contributed by atoms with van der Waals surface area (Å²) < 4.78 is 6.50. The minimum absolute atomic E-state index is 0.0627. The van der Waals surface area contributed by atoms with Gasteiger partial charge >= 0.3 is 0 Å². The molecular formula is C13H17BrClNO. The molecule has 0 bridgehead atoms. The van der Waals surface area contributed by atoms with Crippen LogP contribution in [0.5, 0.6) is 0 Å². The van der Waals surface area contributed by atoms with E-state index in [1.807, 2.05) is 18.2 Å². The van der Waals surface area contributed by atoms with Crippen molar-refractivity contribution in [3.8, 4) is 0 Å². The molecule has 0 amide bonds. The zero-order valence-electron chi connectivity index (χ0n) is 9.66. The van der Waals surface area contributed by atoms with E-state index >= 15 is 0 Å². The summed E-state index contributed by atoms with van der Waals surface area (Å²) in [5, 5.41) is 0.722. The Morgan fingerprint density at radius 2 is 2.35 bits per heavy atom. The Labute approximate surface area is 116 Å². The molecule has 2 rings (SSSR count). The van der Waals surface area contributed by atoms with Crippen molar-refractivity contribution in [2.24, 2.45) is 5.73 Å². The van der Waals surface area contributed by atoms with Crippen molar-refractivity contribution >= 4 is 27.5 Å². The van der Waals surface area contributed by atoms with Crippen molar-refractivity contribution in [2.75, 3.05) is 6.61 Å². The summed E-state index contributed by atoms with van der Waals surface area (Å²) in [5.41, 5.74) is 7.30. The molecule has 2 nitrogen and oxygen atoms in total. The highest BCUT2D eigenvalue weighted by Crippen LogP contribution is 2.28. The number of ether oxygens (including phenoxy) is 1. The zero-order valence-corrected chi connectivity index (χ0v) is 12.0. The molecule has 0 spiro atoms. The lowest BCUT2D eigenvalue weighted by Gasteiger charge is -2.15. The molecule has 2 N–H and O–H groups in total. The minimum atomic E-state index is 0.0627. The van der Waals surface area contributed by atoms with E-state index in [2.05, 4.69) is 15.9 Å². The highest BCUT2D eigenvalue weighted by Gasteiger charge is 2.17. The monoisotopic (exact) mass is 317 g/mol. The first kappa shape index (κ1) is 13.3. The normalized spacial score (nSPS) is 21.7. The molecule has 1 saturated heterocycles. The van der Waals surface area contributed by atoms with E-state index in [0.717, 1.165) is 34.5 Å². The highest BCUT2D eigenvalue weighted by molar-refractivity contribution is 9.10. The van der Waals surface area contributed by atoms with Crippen molar-refractivity contribution in [1.82, 2.24) is 0 Å².